The molecule has 0 aliphatic carbocycles. The van der Waals surface area contributed by atoms with Crippen LogP contribution in [0.1, 0.15) is 40.0 Å². The number of nitrogens with zero attached hydrogens (tertiary/aromatic N) is 1. The van der Waals surface area contributed by atoms with Gasteiger partial charge in [-0.05, 0) is 19.3 Å². The molecular weight excluding hydrogens is 326 g/mol. The van der Waals surface area contributed by atoms with Crippen molar-refractivity contribution in [3.05, 3.63) is 6.42 Å². The van der Waals surface area contributed by atoms with Gasteiger partial charge in [-0.2, -0.15) is 0 Å². The molecule has 0 spiro atoms. The molecule has 0 rings (SSSR count). The quantitative estimate of drug-likeness (QED) is 0.501. The summed E-state index contributed by atoms with van der Waals surface area (Å²) in [5.74, 6) is -0.0700. The van der Waals surface area contributed by atoms with E-state index < -0.39 is 14.2 Å². The number of carbonyl (C=O) groups excluding carboxylic acids is 2. The van der Waals surface area contributed by atoms with Gasteiger partial charge in [0.2, 0.25) is 5.91 Å². The molecule has 0 fully saturated rings. The van der Waals surface area contributed by atoms with E-state index in [4.69, 9.17) is 13.3 Å². The average molecular weight is 361 g/mol. The van der Waals surface area contributed by atoms with Gasteiger partial charge in [0.1, 0.15) is 5.78 Å². The van der Waals surface area contributed by atoms with E-state index in [2.05, 4.69) is 0 Å². The summed E-state index contributed by atoms with van der Waals surface area (Å²) in [5.41, 5.74) is -0.555. The second-order valence-electron chi connectivity index (χ2n) is 6.83. The first kappa shape index (κ1) is 23.2. The van der Waals surface area contributed by atoms with Crippen molar-refractivity contribution >= 4 is 20.5 Å². The molecule has 0 aromatic carbocycles. The van der Waals surface area contributed by atoms with E-state index in [9.17, 15) is 9.59 Å². The number of ketones is 1. The van der Waals surface area contributed by atoms with Gasteiger partial charge in [0.25, 0.3) is 0 Å². The van der Waals surface area contributed by atoms with Crippen LogP contribution in [0.4, 0.5) is 0 Å². The van der Waals surface area contributed by atoms with E-state index in [1.807, 2.05) is 27.2 Å². The van der Waals surface area contributed by atoms with Crippen LogP contribution in [0.15, 0.2) is 0 Å². The molecule has 0 aromatic rings. The molecule has 7 heteroatoms. The maximum atomic E-state index is 12.6. The van der Waals surface area contributed by atoms with E-state index in [1.54, 1.807) is 40.3 Å². The molecule has 141 valence electrons. The van der Waals surface area contributed by atoms with E-state index in [0.29, 0.717) is 25.3 Å². The molecule has 1 radical (unpaired) electrons. The summed E-state index contributed by atoms with van der Waals surface area (Å²) in [6.07, 6.45) is 3.45. The third kappa shape index (κ3) is 6.62. The van der Waals surface area contributed by atoms with Gasteiger partial charge in [0, 0.05) is 59.2 Å². The summed E-state index contributed by atoms with van der Waals surface area (Å²) in [4.78, 5) is 26.4. The van der Waals surface area contributed by atoms with Gasteiger partial charge in [0.05, 0.1) is 0 Å². The minimum atomic E-state index is -2.63. The van der Waals surface area contributed by atoms with Gasteiger partial charge in [-0.3, -0.25) is 9.59 Å². The Hall–Kier alpha value is -0.763. The first-order valence-corrected chi connectivity index (χ1v) is 10.2. The van der Waals surface area contributed by atoms with Crippen molar-refractivity contribution < 1.29 is 22.9 Å². The Labute approximate surface area is 148 Å². The highest BCUT2D eigenvalue weighted by Gasteiger charge is 2.38. The van der Waals surface area contributed by atoms with Crippen molar-refractivity contribution in [1.82, 2.24) is 4.90 Å². The molecule has 1 amide bonds. The summed E-state index contributed by atoms with van der Waals surface area (Å²) < 4.78 is 16.1. The Morgan fingerprint density at radius 2 is 1.62 bits per heavy atom. The minimum Gasteiger partial charge on any atom is -0.377 e. The van der Waals surface area contributed by atoms with Crippen LogP contribution >= 0.6 is 0 Å². The van der Waals surface area contributed by atoms with Crippen LogP contribution in [-0.4, -0.2) is 60.8 Å². The third-order valence-electron chi connectivity index (χ3n) is 4.47. The normalized spacial score (nSPS) is 13.7. The topological polar surface area (TPSA) is 65.1 Å². The Balaban J connectivity index is 4.70. The lowest BCUT2D eigenvalue weighted by molar-refractivity contribution is -0.134. The minimum absolute atomic E-state index is 0.0305. The Bertz CT molecular complexity index is 400. The van der Waals surface area contributed by atoms with Crippen molar-refractivity contribution in [2.75, 3.05) is 35.4 Å². The molecule has 0 N–H and O–H groups in total. The molecule has 0 aliphatic rings. The van der Waals surface area contributed by atoms with Crippen LogP contribution in [0, 0.1) is 17.8 Å². The fourth-order valence-electron chi connectivity index (χ4n) is 2.70. The molecule has 0 saturated heterocycles. The smallest absolute Gasteiger partial charge is 0.377 e. The van der Waals surface area contributed by atoms with E-state index in [0.717, 1.165) is 0 Å². The van der Waals surface area contributed by atoms with E-state index >= 15 is 0 Å². The zero-order valence-corrected chi connectivity index (χ0v) is 17.5. The lowest BCUT2D eigenvalue weighted by atomic mass is 9.77. The molecule has 0 aliphatic heterocycles. The second-order valence-corrected chi connectivity index (χ2v) is 9.92. The number of carbonyl (C=O) groups is 2. The first-order valence-electron chi connectivity index (χ1n) is 8.28. The largest absolute Gasteiger partial charge is 0.500 e. The molecule has 6 nitrogen and oxygen atoms in total. The lowest BCUT2D eigenvalue weighted by Gasteiger charge is -2.29. The lowest BCUT2D eigenvalue weighted by Crippen LogP contribution is -2.42. The van der Waals surface area contributed by atoms with Gasteiger partial charge in [-0.25, -0.2) is 0 Å². The Morgan fingerprint density at radius 3 is 2.00 bits per heavy atom. The zero-order valence-electron chi connectivity index (χ0n) is 16.5. The van der Waals surface area contributed by atoms with E-state index in [1.165, 1.54) is 0 Å². The first-order chi connectivity index (χ1) is 11.1. The second kappa shape index (κ2) is 10.3. The molecule has 0 aromatic heterocycles. The van der Waals surface area contributed by atoms with Gasteiger partial charge >= 0.3 is 8.80 Å². The maximum absolute atomic E-state index is 12.6. The zero-order chi connectivity index (χ0) is 19.0. The number of amides is 1. The third-order valence-corrected chi connectivity index (χ3v) is 7.30. The SMILES string of the molecule is C[CH]C(CC(C)(C)C(=O)CCC[Si](OC)(OC)OC)C(=O)N(C)C. The van der Waals surface area contributed by atoms with Gasteiger partial charge in [0.15, 0.2) is 0 Å². The monoisotopic (exact) mass is 360 g/mol. The van der Waals surface area contributed by atoms with Crippen LogP contribution in [0.5, 0.6) is 0 Å². The fourth-order valence-corrected chi connectivity index (χ4v) is 4.43. The van der Waals surface area contributed by atoms with Gasteiger partial charge in [-0.1, -0.05) is 20.8 Å². The van der Waals surface area contributed by atoms with Crippen LogP contribution < -0.4 is 0 Å². The summed E-state index contributed by atoms with van der Waals surface area (Å²) in [6.45, 7) is 5.67. The van der Waals surface area contributed by atoms with Crippen molar-refractivity contribution in [3.8, 4) is 0 Å². The standard InChI is InChI=1S/C17H34NO5Si/c1-9-14(16(20)18(4)5)13-17(2,3)15(19)11-10-12-24(21-6,22-7)23-8/h9,14H,10-13H2,1-8H3. The van der Waals surface area contributed by atoms with Gasteiger partial charge < -0.3 is 18.2 Å². The number of Topliss-reactive ketones (excluding diaryl/α,β-unsaturated/α-hetero) is 1. The highest BCUT2D eigenvalue weighted by atomic mass is 28.4. The van der Waals surface area contributed by atoms with Crippen molar-refractivity contribution in [3.63, 3.8) is 0 Å². The predicted octanol–water partition coefficient (Wildman–Crippen LogP) is 2.56. The van der Waals surface area contributed by atoms with Crippen molar-refractivity contribution in [1.29, 1.82) is 0 Å². The molecule has 1 atom stereocenters. The number of rotatable bonds is 12. The average Bonchev–Trinajstić information content (AvgIpc) is 2.56. The van der Waals surface area contributed by atoms with Gasteiger partial charge in [-0.15, -0.1) is 0 Å². The van der Waals surface area contributed by atoms with Crippen LogP contribution in [-0.2, 0) is 22.9 Å². The van der Waals surface area contributed by atoms with Crippen molar-refractivity contribution in [2.24, 2.45) is 11.3 Å². The summed E-state index contributed by atoms with van der Waals surface area (Å²) in [5, 5.41) is 0. The van der Waals surface area contributed by atoms with Crippen LogP contribution in [0.3, 0.4) is 0 Å². The predicted molar refractivity (Wildman–Crippen MR) is 96.4 cm³/mol. The highest BCUT2D eigenvalue weighted by molar-refractivity contribution is 6.60. The molecular formula is C17H34NO5Si. The maximum Gasteiger partial charge on any atom is 0.500 e. The Morgan fingerprint density at radius 1 is 1.12 bits per heavy atom. The summed E-state index contributed by atoms with van der Waals surface area (Å²) >= 11 is 0. The molecule has 0 saturated carbocycles. The molecule has 0 heterocycles. The van der Waals surface area contributed by atoms with Crippen LogP contribution in [0.25, 0.3) is 0 Å². The molecule has 0 bridgehead atoms. The van der Waals surface area contributed by atoms with Crippen LogP contribution in [0.2, 0.25) is 6.04 Å². The van der Waals surface area contributed by atoms with E-state index in [-0.39, 0.29) is 17.6 Å². The molecule has 1 unspecified atom stereocenters. The Kier molecular flexibility index (Phi) is 9.95. The highest BCUT2D eigenvalue weighted by Crippen LogP contribution is 2.31. The summed E-state index contributed by atoms with van der Waals surface area (Å²) in [6, 6.07) is 0.596. The summed E-state index contributed by atoms with van der Waals surface area (Å²) in [7, 11) is 5.54. The number of hydrogen-bond donors (Lipinski definition) is 0. The molecule has 24 heavy (non-hydrogen) atoms. The number of hydrogen-bond acceptors (Lipinski definition) is 5. The van der Waals surface area contributed by atoms with Crippen molar-refractivity contribution in [2.45, 2.75) is 46.1 Å². The fraction of sp³-hybridized carbons (Fsp3) is 0.824.